The van der Waals surface area contributed by atoms with Crippen LogP contribution in [0.1, 0.15) is 13.8 Å². The van der Waals surface area contributed by atoms with E-state index >= 15 is 0 Å². The third kappa shape index (κ3) is 3.35. The van der Waals surface area contributed by atoms with E-state index in [1.54, 1.807) is 13.8 Å². The first-order valence-corrected chi connectivity index (χ1v) is 3.19. The fourth-order valence-corrected chi connectivity index (χ4v) is 0.485. The monoisotopic (exact) mass is 154 g/mol. The summed E-state index contributed by atoms with van der Waals surface area (Å²) >= 11 is 0. The molecule has 0 aliphatic heterocycles. The first-order chi connectivity index (χ1) is 4.95. The van der Waals surface area contributed by atoms with Crippen LogP contribution in [0, 0.1) is 0 Å². The largest absolute Gasteiger partial charge is 0.461 e. The van der Waals surface area contributed by atoms with Crippen LogP contribution in [0.15, 0.2) is 36.1 Å². The molecule has 62 valence electrons. The molecule has 4 N–H and O–H groups in total. The van der Waals surface area contributed by atoms with Gasteiger partial charge in [-0.2, -0.15) is 0 Å². The smallest absolute Gasteiger partial charge is 0.144 e. The van der Waals surface area contributed by atoms with E-state index in [0.717, 1.165) is 0 Å². The molecule has 0 aromatic heterocycles. The zero-order chi connectivity index (χ0) is 9.02. The van der Waals surface area contributed by atoms with E-state index < -0.39 is 0 Å². The minimum absolute atomic E-state index is 0.345. The van der Waals surface area contributed by atoms with Crippen molar-refractivity contribution in [3.8, 4) is 0 Å². The zero-order valence-electron chi connectivity index (χ0n) is 6.98. The maximum Gasteiger partial charge on any atom is 0.144 e. The van der Waals surface area contributed by atoms with E-state index in [0.29, 0.717) is 22.9 Å². The van der Waals surface area contributed by atoms with E-state index in [1.165, 1.54) is 0 Å². The van der Waals surface area contributed by atoms with E-state index in [2.05, 4.69) is 13.2 Å². The Morgan fingerprint density at radius 2 is 1.64 bits per heavy atom. The minimum Gasteiger partial charge on any atom is -0.461 e. The molecule has 0 saturated heterocycles. The van der Waals surface area contributed by atoms with Crippen LogP contribution in [0.3, 0.4) is 0 Å². The molecule has 0 amide bonds. The topological polar surface area (TPSA) is 61.3 Å². The molecule has 0 rings (SSSR count). The van der Waals surface area contributed by atoms with Gasteiger partial charge in [0.25, 0.3) is 0 Å². The Balaban J connectivity index is 4.28. The van der Waals surface area contributed by atoms with Crippen molar-refractivity contribution in [1.29, 1.82) is 0 Å². The second-order valence-electron chi connectivity index (χ2n) is 2.32. The quantitative estimate of drug-likeness (QED) is 0.474. The molecule has 3 nitrogen and oxygen atoms in total. The molecule has 0 atom stereocenters. The molecule has 0 aromatic carbocycles. The van der Waals surface area contributed by atoms with Crippen molar-refractivity contribution in [1.82, 2.24) is 0 Å². The summed E-state index contributed by atoms with van der Waals surface area (Å²) in [5.74, 6) is 0.886. The van der Waals surface area contributed by atoms with Gasteiger partial charge in [0.05, 0.1) is 11.5 Å². The Morgan fingerprint density at radius 1 is 1.18 bits per heavy atom. The minimum atomic E-state index is 0.345. The van der Waals surface area contributed by atoms with Crippen LogP contribution in [0.25, 0.3) is 0 Å². The van der Waals surface area contributed by atoms with Crippen LogP contribution in [0.4, 0.5) is 0 Å². The maximum absolute atomic E-state index is 5.50. The van der Waals surface area contributed by atoms with Gasteiger partial charge in [0.1, 0.15) is 5.76 Å². The second kappa shape index (κ2) is 3.71. The number of hydrogen-bond donors (Lipinski definition) is 2. The van der Waals surface area contributed by atoms with Gasteiger partial charge in [-0.05, 0) is 13.8 Å². The van der Waals surface area contributed by atoms with E-state index in [-0.39, 0.29) is 0 Å². The third-order valence-corrected chi connectivity index (χ3v) is 1.02. The highest BCUT2D eigenvalue weighted by molar-refractivity contribution is 5.24. The lowest BCUT2D eigenvalue weighted by Crippen LogP contribution is -2.10. The van der Waals surface area contributed by atoms with E-state index in [4.69, 9.17) is 16.2 Å². The zero-order valence-corrected chi connectivity index (χ0v) is 6.98. The van der Waals surface area contributed by atoms with Crippen molar-refractivity contribution in [2.24, 2.45) is 11.5 Å². The van der Waals surface area contributed by atoms with Crippen molar-refractivity contribution in [2.75, 3.05) is 0 Å². The average Bonchev–Trinajstić information content (AvgIpc) is 1.84. The van der Waals surface area contributed by atoms with Crippen LogP contribution in [0.2, 0.25) is 0 Å². The van der Waals surface area contributed by atoms with Gasteiger partial charge >= 0.3 is 0 Å². The second-order valence-corrected chi connectivity index (χ2v) is 2.32. The van der Waals surface area contributed by atoms with Crippen LogP contribution in [0.5, 0.6) is 0 Å². The number of nitrogens with two attached hydrogens (primary N) is 2. The predicted molar refractivity (Wildman–Crippen MR) is 46.1 cm³/mol. The van der Waals surface area contributed by atoms with Gasteiger partial charge in [-0.15, -0.1) is 0 Å². The molecule has 0 aromatic rings. The molecule has 0 aliphatic rings. The van der Waals surface area contributed by atoms with E-state index in [1.807, 2.05) is 0 Å². The molecule has 3 heteroatoms. The molecule has 0 aliphatic carbocycles. The summed E-state index contributed by atoms with van der Waals surface area (Å²) in [5, 5.41) is 0. The molecule has 0 heterocycles. The molecule has 0 bridgehead atoms. The lowest BCUT2D eigenvalue weighted by Gasteiger charge is -2.08. The maximum atomic E-state index is 5.50. The van der Waals surface area contributed by atoms with Crippen LogP contribution in [-0.2, 0) is 4.74 Å². The first-order valence-electron chi connectivity index (χ1n) is 3.19. The van der Waals surface area contributed by atoms with Gasteiger partial charge in [0.15, 0.2) is 0 Å². The first kappa shape index (κ1) is 9.62. The molecular weight excluding hydrogens is 140 g/mol. The Hall–Kier alpha value is -1.38. The number of hydrogen-bond acceptors (Lipinski definition) is 3. The molecule has 0 unspecified atom stereocenters. The van der Waals surface area contributed by atoms with Gasteiger partial charge in [-0.1, -0.05) is 13.2 Å². The van der Waals surface area contributed by atoms with Crippen molar-refractivity contribution < 1.29 is 4.74 Å². The summed E-state index contributed by atoms with van der Waals surface area (Å²) in [6, 6.07) is 0. The number of allylic oxidation sites excluding steroid dienone is 2. The molecule has 0 spiro atoms. The number of rotatable bonds is 3. The van der Waals surface area contributed by atoms with Gasteiger partial charge in [-0.3, -0.25) is 0 Å². The lowest BCUT2D eigenvalue weighted by molar-refractivity contribution is 0.318. The third-order valence-electron chi connectivity index (χ3n) is 1.02. The Morgan fingerprint density at radius 3 is 1.91 bits per heavy atom. The summed E-state index contributed by atoms with van der Waals surface area (Å²) in [6.45, 7) is 10.5. The molecule has 0 saturated carbocycles. The fraction of sp³-hybridized carbons (Fsp3) is 0.250. The normalized spacial score (nSPS) is 11.8. The van der Waals surface area contributed by atoms with Crippen LogP contribution < -0.4 is 11.5 Å². The van der Waals surface area contributed by atoms with Crippen LogP contribution >= 0.6 is 0 Å². The van der Waals surface area contributed by atoms with Crippen molar-refractivity contribution >= 4 is 0 Å². The Kier molecular flexibility index (Phi) is 3.24. The summed E-state index contributed by atoms with van der Waals surface area (Å²) in [7, 11) is 0. The van der Waals surface area contributed by atoms with Gasteiger partial charge < -0.3 is 16.2 Å². The predicted octanol–water partition coefficient (Wildman–Crippen LogP) is 1.20. The summed E-state index contributed by atoms with van der Waals surface area (Å²) in [4.78, 5) is 0. The Bertz CT molecular complexity index is 212. The van der Waals surface area contributed by atoms with Crippen molar-refractivity contribution in [2.45, 2.75) is 13.8 Å². The highest BCUT2D eigenvalue weighted by Crippen LogP contribution is 2.08. The molecule has 0 radical (unpaired) electrons. The highest BCUT2D eigenvalue weighted by atomic mass is 16.5. The summed E-state index contributed by atoms with van der Waals surface area (Å²) < 4.78 is 5.02. The molecular formula is C8H14N2O. The highest BCUT2D eigenvalue weighted by Gasteiger charge is 2.00. The lowest BCUT2D eigenvalue weighted by atomic mass is 10.3. The Labute approximate surface area is 67.0 Å². The number of ether oxygens (including phenoxy) is 1. The van der Waals surface area contributed by atoms with Gasteiger partial charge in [-0.25, -0.2) is 0 Å². The summed E-state index contributed by atoms with van der Waals surface area (Å²) in [5.41, 5.74) is 11.8. The molecule has 0 fully saturated rings. The van der Waals surface area contributed by atoms with Crippen molar-refractivity contribution in [3.63, 3.8) is 0 Å². The van der Waals surface area contributed by atoms with E-state index in [9.17, 15) is 0 Å². The van der Waals surface area contributed by atoms with Crippen LogP contribution in [-0.4, -0.2) is 0 Å². The fourth-order valence-electron chi connectivity index (χ4n) is 0.485. The van der Waals surface area contributed by atoms with Gasteiger partial charge in [0.2, 0.25) is 0 Å². The SMILES string of the molecule is C=C(C)OC(=C)/C(N)=C(\C)N. The van der Waals surface area contributed by atoms with Gasteiger partial charge in [0, 0.05) is 5.70 Å². The standard InChI is InChI=1S/C8H14N2O/c1-5(2)11-7(4)8(10)6(3)9/h1,4,9-10H2,2-3H3/b8-6-. The average molecular weight is 154 g/mol. The van der Waals surface area contributed by atoms with Crippen molar-refractivity contribution in [3.05, 3.63) is 36.1 Å². The summed E-state index contributed by atoms with van der Waals surface area (Å²) in [6.07, 6.45) is 0. The molecule has 11 heavy (non-hydrogen) atoms.